The molecule has 1 amide bonds. The van der Waals surface area contributed by atoms with Crippen LogP contribution in [0, 0.1) is 16.0 Å². The van der Waals surface area contributed by atoms with E-state index >= 15 is 0 Å². The average molecular weight is 438 g/mol. The maximum atomic E-state index is 12.6. The van der Waals surface area contributed by atoms with Gasteiger partial charge in [-0.25, -0.2) is 0 Å². The van der Waals surface area contributed by atoms with Crippen LogP contribution in [0.1, 0.15) is 12.8 Å². The van der Waals surface area contributed by atoms with Crippen molar-refractivity contribution in [3.05, 3.63) is 64.7 Å². The highest BCUT2D eigenvalue weighted by Crippen LogP contribution is 2.31. The fraction of sp³-hybridized carbons (Fsp3) is 0.458. The van der Waals surface area contributed by atoms with Gasteiger partial charge in [0.15, 0.2) is 0 Å². The molecular weight excluding hydrogens is 406 g/mol. The summed E-state index contributed by atoms with van der Waals surface area (Å²) in [5.41, 5.74) is 2.04. The van der Waals surface area contributed by atoms with Gasteiger partial charge >= 0.3 is 0 Å². The van der Waals surface area contributed by atoms with Crippen molar-refractivity contribution in [2.24, 2.45) is 5.92 Å². The van der Waals surface area contributed by atoms with Gasteiger partial charge in [-0.05, 0) is 31.0 Å². The molecule has 2 aromatic carbocycles. The highest BCUT2D eigenvalue weighted by molar-refractivity contribution is 5.79. The van der Waals surface area contributed by atoms with E-state index in [0.717, 1.165) is 32.7 Å². The molecule has 4 rings (SSSR count). The Bertz CT molecular complexity index is 907. The van der Waals surface area contributed by atoms with E-state index in [1.165, 1.54) is 11.8 Å². The number of rotatable bonds is 7. The first kappa shape index (κ1) is 22.1. The summed E-state index contributed by atoms with van der Waals surface area (Å²) in [6.45, 7) is 6.84. The second kappa shape index (κ2) is 10.5. The van der Waals surface area contributed by atoms with E-state index < -0.39 is 0 Å². The molecule has 8 heteroatoms. The Balaban J connectivity index is 1.17. The van der Waals surface area contributed by atoms with E-state index in [1.54, 1.807) is 12.1 Å². The molecule has 0 spiro atoms. The Morgan fingerprint density at radius 1 is 0.906 bits per heavy atom. The van der Waals surface area contributed by atoms with Crippen LogP contribution in [0.4, 0.5) is 17.1 Å². The molecule has 2 heterocycles. The third-order valence-electron chi connectivity index (χ3n) is 6.51. The zero-order valence-corrected chi connectivity index (χ0v) is 18.4. The first-order valence-electron chi connectivity index (χ1n) is 11.4. The maximum Gasteiger partial charge on any atom is 0.292 e. The van der Waals surface area contributed by atoms with Crippen LogP contribution in [0.15, 0.2) is 54.6 Å². The molecule has 0 aromatic heterocycles. The number of benzene rings is 2. The molecule has 0 bridgehead atoms. The number of anilines is 2. The molecule has 2 aromatic rings. The number of nitro groups is 1. The van der Waals surface area contributed by atoms with Gasteiger partial charge in [-0.3, -0.25) is 19.8 Å². The Labute approximate surface area is 189 Å². The predicted octanol–water partition coefficient (Wildman–Crippen LogP) is 2.75. The number of carbonyl (C=O) groups is 1. The van der Waals surface area contributed by atoms with Crippen molar-refractivity contribution in [1.29, 1.82) is 0 Å². The molecule has 0 atom stereocenters. The SMILES string of the molecule is O=C(NCCN1CCN(c2ccccc2)CC1)C1CCN(c2ccccc2[N+](=O)[O-])CC1. The largest absolute Gasteiger partial charge is 0.369 e. The number of hydrogen-bond donors (Lipinski definition) is 1. The standard InChI is InChI=1S/C24H31N5O3/c30-24(20-10-13-28(14-11-20)22-8-4-5-9-23(22)29(31)32)25-12-15-26-16-18-27(19-17-26)21-6-2-1-3-7-21/h1-9,20H,10-19H2,(H,25,30). The summed E-state index contributed by atoms with van der Waals surface area (Å²) in [6, 6.07) is 17.3. The van der Waals surface area contributed by atoms with Crippen molar-refractivity contribution in [2.45, 2.75) is 12.8 Å². The quantitative estimate of drug-likeness (QED) is 0.530. The Morgan fingerprint density at radius 2 is 1.56 bits per heavy atom. The second-order valence-electron chi connectivity index (χ2n) is 8.46. The number of nitrogens with one attached hydrogen (secondary N) is 1. The predicted molar refractivity (Wildman–Crippen MR) is 126 cm³/mol. The molecule has 2 saturated heterocycles. The first-order valence-corrected chi connectivity index (χ1v) is 11.4. The van der Waals surface area contributed by atoms with Crippen LogP contribution in [0.2, 0.25) is 0 Å². The summed E-state index contributed by atoms with van der Waals surface area (Å²) in [4.78, 5) is 30.4. The van der Waals surface area contributed by atoms with Crippen molar-refractivity contribution in [3.8, 4) is 0 Å². The molecule has 0 radical (unpaired) electrons. The highest BCUT2D eigenvalue weighted by atomic mass is 16.6. The number of carbonyl (C=O) groups excluding carboxylic acids is 1. The van der Waals surface area contributed by atoms with Crippen LogP contribution in [-0.2, 0) is 4.79 Å². The van der Waals surface area contributed by atoms with Gasteiger partial charge in [0.25, 0.3) is 5.69 Å². The molecule has 8 nitrogen and oxygen atoms in total. The molecular formula is C24H31N5O3. The lowest BCUT2D eigenvalue weighted by Crippen LogP contribution is -2.49. The van der Waals surface area contributed by atoms with Crippen molar-refractivity contribution in [3.63, 3.8) is 0 Å². The van der Waals surface area contributed by atoms with Gasteiger partial charge in [0.1, 0.15) is 5.69 Å². The van der Waals surface area contributed by atoms with E-state index in [-0.39, 0.29) is 22.4 Å². The third-order valence-corrected chi connectivity index (χ3v) is 6.51. The van der Waals surface area contributed by atoms with E-state index in [0.29, 0.717) is 38.2 Å². The minimum absolute atomic E-state index is 0.0241. The van der Waals surface area contributed by atoms with E-state index in [4.69, 9.17) is 0 Å². The van der Waals surface area contributed by atoms with Crippen molar-refractivity contribution < 1.29 is 9.72 Å². The van der Waals surface area contributed by atoms with Crippen LogP contribution in [-0.4, -0.2) is 68.1 Å². The van der Waals surface area contributed by atoms with E-state index in [2.05, 4.69) is 39.4 Å². The topological polar surface area (TPSA) is 82.0 Å². The average Bonchev–Trinajstić information content (AvgIpc) is 2.85. The van der Waals surface area contributed by atoms with Crippen molar-refractivity contribution in [2.75, 3.05) is 62.2 Å². The number of nitro benzene ring substituents is 1. The molecule has 2 aliphatic heterocycles. The maximum absolute atomic E-state index is 12.6. The van der Waals surface area contributed by atoms with Crippen LogP contribution in [0.3, 0.4) is 0 Å². The number of piperazine rings is 1. The van der Waals surface area contributed by atoms with Gasteiger partial charge in [0.2, 0.25) is 5.91 Å². The fourth-order valence-corrected chi connectivity index (χ4v) is 4.62. The lowest BCUT2D eigenvalue weighted by molar-refractivity contribution is -0.384. The van der Waals surface area contributed by atoms with Crippen LogP contribution in [0.25, 0.3) is 0 Å². The summed E-state index contributed by atoms with van der Waals surface area (Å²) in [5.74, 6) is 0.0825. The normalized spacial score (nSPS) is 17.9. The minimum Gasteiger partial charge on any atom is -0.369 e. The first-order chi connectivity index (χ1) is 15.6. The number of piperidine rings is 1. The van der Waals surface area contributed by atoms with Crippen LogP contribution in [0.5, 0.6) is 0 Å². The highest BCUT2D eigenvalue weighted by Gasteiger charge is 2.28. The Morgan fingerprint density at radius 3 is 2.25 bits per heavy atom. The molecule has 0 saturated carbocycles. The monoisotopic (exact) mass is 437 g/mol. The van der Waals surface area contributed by atoms with Crippen LogP contribution >= 0.6 is 0 Å². The fourth-order valence-electron chi connectivity index (χ4n) is 4.62. The molecule has 32 heavy (non-hydrogen) atoms. The van der Waals surface area contributed by atoms with Gasteiger partial charge in [0.05, 0.1) is 4.92 Å². The number of hydrogen-bond acceptors (Lipinski definition) is 6. The zero-order valence-electron chi connectivity index (χ0n) is 18.4. The number of nitrogens with zero attached hydrogens (tertiary/aromatic N) is 4. The van der Waals surface area contributed by atoms with Crippen molar-refractivity contribution >= 4 is 23.0 Å². The molecule has 170 valence electrons. The molecule has 2 fully saturated rings. The summed E-state index contributed by atoms with van der Waals surface area (Å²) < 4.78 is 0. The molecule has 0 unspecified atom stereocenters. The van der Waals surface area contributed by atoms with E-state index in [9.17, 15) is 14.9 Å². The molecule has 2 aliphatic rings. The number of para-hydroxylation sites is 3. The minimum atomic E-state index is -0.339. The van der Waals surface area contributed by atoms with Gasteiger partial charge < -0.3 is 15.1 Å². The Hall–Kier alpha value is -3.13. The van der Waals surface area contributed by atoms with Gasteiger partial charge in [0, 0.05) is 70.0 Å². The summed E-state index contributed by atoms with van der Waals surface area (Å²) in [6.07, 6.45) is 1.43. The number of amides is 1. The second-order valence-corrected chi connectivity index (χ2v) is 8.46. The van der Waals surface area contributed by atoms with Gasteiger partial charge in [-0.2, -0.15) is 0 Å². The van der Waals surface area contributed by atoms with E-state index in [1.807, 2.05) is 17.0 Å². The zero-order chi connectivity index (χ0) is 22.3. The molecule has 0 aliphatic carbocycles. The Kier molecular flexibility index (Phi) is 7.21. The van der Waals surface area contributed by atoms with Gasteiger partial charge in [-0.1, -0.05) is 30.3 Å². The molecule has 1 N–H and O–H groups in total. The lowest BCUT2D eigenvalue weighted by Gasteiger charge is -2.36. The van der Waals surface area contributed by atoms with Crippen LogP contribution < -0.4 is 15.1 Å². The smallest absolute Gasteiger partial charge is 0.292 e. The third kappa shape index (κ3) is 5.37. The summed E-state index contributed by atoms with van der Waals surface area (Å²) >= 11 is 0. The summed E-state index contributed by atoms with van der Waals surface area (Å²) in [7, 11) is 0. The van der Waals surface area contributed by atoms with Crippen molar-refractivity contribution in [1.82, 2.24) is 10.2 Å². The summed E-state index contributed by atoms with van der Waals surface area (Å²) in [5, 5.41) is 14.4. The lowest BCUT2D eigenvalue weighted by atomic mass is 9.95. The van der Waals surface area contributed by atoms with Gasteiger partial charge in [-0.15, -0.1) is 0 Å².